The van der Waals surface area contributed by atoms with Gasteiger partial charge in [-0.2, -0.15) is 0 Å². The Bertz CT molecular complexity index is 86.9. The smallest absolute Gasteiger partial charge is 0.0527 e. The molecule has 12 heavy (non-hydrogen) atoms. The average Bonchev–Trinajstić information content (AvgIpc) is 2.14. The van der Waals surface area contributed by atoms with Crippen LogP contribution in [0.1, 0.15) is 40.0 Å². The largest absolute Gasteiger partial charge is 0.0678 e. The van der Waals surface area contributed by atoms with Gasteiger partial charge in [0, 0.05) is 0 Å². The molecular formula is C11H25Si. The Morgan fingerprint density at radius 2 is 1.42 bits per heavy atom. The van der Waals surface area contributed by atoms with Gasteiger partial charge in [0.05, 0.1) is 8.07 Å². The van der Waals surface area contributed by atoms with Gasteiger partial charge < -0.3 is 0 Å². The normalized spacial score (nSPS) is 12.0. The molecule has 1 heteroatoms. The number of hydrogen-bond acceptors (Lipinski definition) is 0. The van der Waals surface area contributed by atoms with Crippen molar-refractivity contribution in [2.45, 2.75) is 64.2 Å². The Balaban J connectivity index is 3.76. The minimum atomic E-state index is -0.782. The third-order valence-corrected chi connectivity index (χ3v) is 9.37. The van der Waals surface area contributed by atoms with Crippen molar-refractivity contribution in [2.24, 2.45) is 0 Å². The lowest BCUT2D eigenvalue weighted by atomic mass is 10.3. The van der Waals surface area contributed by atoms with Crippen molar-refractivity contribution in [3.63, 3.8) is 0 Å². The Labute approximate surface area is 79.8 Å². The van der Waals surface area contributed by atoms with Gasteiger partial charge in [0.15, 0.2) is 0 Å². The van der Waals surface area contributed by atoms with Gasteiger partial charge in [-0.3, -0.25) is 0 Å². The van der Waals surface area contributed by atoms with Crippen LogP contribution in [-0.2, 0) is 0 Å². The van der Waals surface area contributed by atoms with E-state index in [1.807, 2.05) is 0 Å². The maximum atomic E-state index is 3.90. The van der Waals surface area contributed by atoms with E-state index in [4.69, 9.17) is 0 Å². The van der Waals surface area contributed by atoms with E-state index >= 15 is 0 Å². The van der Waals surface area contributed by atoms with Crippen molar-refractivity contribution >= 4 is 8.07 Å². The molecule has 0 aromatic heterocycles. The second kappa shape index (κ2) is 6.70. The van der Waals surface area contributed by atoms with Crippen LogP contribution in [0.4, 0.5) is 0 Å². The van der Waals surface area contributed by atoms with Crippen LogP contribution in [0.2, 0.25) is 24.2 Å². The number of rotatable bonds is 7. The van der Waals surface area contributed by atoms with Crippen LogP contribution in [0.3, 0.4) is 0 Å². The van der Waals surface area contributed by atoms with Gasteiger partial charge >= 0.3 is 0 Å². The van der Waals surface area contributed by atoms with Crippen molar-refractivity contribution < 1.29 is 0 Å². The van der Waals surface area contributed by atoms with Gasteiger partial charge in [0.25, 0.3) is 0 Å². The van der Waals surface area contributed by atoms with Crippen molar-refractivity contribution in [3.05, 3.63) is 6.92 Å². The van der Waals surface area contributed by atoms with E-state index in [0.29, 0.717) is 0 Å². The summed E-state index contributed by atoms with van der Waals surface area (Å²) in [5, 5.41) is 0. The molecule has 0 fully saturated rings. The van der Waals surface area contributed by atoms with Gasteiger partial charge in [-0.15, -0.1) is 0 Å². The highest BCUT2D eigenvalue weighted by molar-refractivity contribution is 6.79. The summed E-state index contributed by atoms with van der Waals surface area (Å²) in [6.45, 7) is 11.1. The van der Waals surface area contributed by atoms with E-state index in [9.17, 15) is 0 Å². The van der Waals surface area contributed by atoms with E-state index in [1.54, 1.807) is 6.04 Å². The summed E-state index contributed by atoms with van der Waals surface area (Å²) in [7, 11) is -0.782. The van der Waals surface area contributed by atoms with Gasteiger partial charge in [-0.1, -0.05) is 71.1 Å². The van der Waals surface area contributed by atoms with Gasteiger partial charge in [-0.05, 0) is 0 Å². The zero-order chi connectivity index (χ0) is 9.45. The highest BCUT2D eigenvalue weighted by Crippen LogP contribution is 2.27. The van der Waals surface area contributed by atoms with Crippen molar-refractivity contribution in [3.8, 4) is 0 Å². The highest BCUT2D eigenvalue weighted by atomic mass is 28.3. The molecule has 1 radical (unpaired) electrons. The van der Waals surface area contributed by atoms with Gasteiger partial charge in [0.2, 0.25) is 0 Å². The molecule has 0 atom stereocenters. The summed E-state index contributed by atoms with van der Waals surface area (Å²) in [5.74, 6) is 0. The molecular weight excluding hydrogens is 160 g/mol. The molecule has 0 N–H and O–H groups in total. The summed E-state index contributed by atoms with van der Waals surface area (Å²) in [4.78, 5) is 0. The monoisotopic (exact) mass is 185 g/mol. The molecule has 0 saturated heterocycles. The van der Waals surface area contributed by atoms with Crippen LogP contribution < -0.4 is 0 Å². The summed E-state index contributed by atoms with van der Waals surface area (Å²) < 4.78 is 0. The summed E-state index contributed by atoms with van der Waals surface area (Å²) in [5.41, 5.74) is 0. The fraction of sp³-hybridized carbons (Fsp3) is 0.909. The van der Waals surface area contributed by atoms with Crippen LogP contribution >= 0.6 is 0 Å². The second-order valence-electron chi connectivity index (χ2n) is 3.87. The van der Waals surface area contributed by atoms with Crippen LogP contribution in [0.25, 0.3) is 0 Å². The van der Waals surface area contributed by atoms with E-state index < -0.39 is 8.07 Å². The van der Waals surface area contributed by atoms with E-state index in [2.05, 4.69) is 27.7 Å². The quantitative estimate of drug-likeness (QED) is 0.405. The summed E-state index contributed by atoms with van der Waals surface area (Å²) >= 11 is 0. The van der Waals surface area contributed by atoms with Crippen LogP contribution in [0.15, 0.2) is 0 Å². The fourth-order valence-electron chi connectivity index (χ4n) is 1.96. The molecule has 0 unspecified atom stereocenters. The fourth-order valence-corrected chi connectivity index (χ4v) is 5.52. The third kappa shape index (κ3) is 3.75. The van der Waals surface area contributed by atoms with Gasteiger partial charge in [-0.25, -0.2) is 0 Å². The lowest BCUT2D eigenvalue weighted by Crippen LogP contribution is -2.30. The first kappa shape index (κ1) is 12.2. The number of hydrogen-bond donors (Lipinski definition) is 0. The highest BCUT2D eigenvalue weighted by Gasteiger charge is 2.25. The Hall–Kier alpha value is 0.217. The van der Waals surface area contributed by atoms with Crippen molar-refractivity contribution in [1.82, 2.24) is 0 Å². The molecule has 0 amide bonds. The second-order valence-corrected chi connectivity index (χ2v) is 9.49. The average molecular weight is 185 g/mol. The molecule has 0 rings (SSSR count). The lowest BCUT2D eigenvalue weighted by molar-refractivity contribution is 0.792. The topological polar surface area (TPSA) is 0 Å². The molecule has 0 aromatic carbocycles. The minimum Gasteiger partial charge on any atom is -0.0678 e. The predicted molar refractivity (Wildman–Crippen MR) is 61.2 cm³/mol. The van der Waals surface area contributed by atoms with E-state index in [-0.39, 0.29) is 0 Å². The van der Waals surface area contributed by atoms with Crippen LogP contribution in [-0.4, -0.2) is 8.07 Å². The first-order valence-electron chi connectivity index (χ1n) is 5.54. The molecule has 0 aromatic rings. The van der Waals surface area contributed by atoms with E-state index in [0.717, 1.165) is 6.42 Å². The van der Waals surface area contributed by atoms with Crippen LogP contribution in [0, 0.1) is 6.92 Å². The molecule has 73 valence electrons. The molecule has 0 nitrogen and oxygen atoms in total. The molecule has 0 heterocycles. The Morgan fingerprint density at radius 3 is 1.75 bits per heavy atom. The molecule has 0 aliphatic rings. The first-order chi connectivity index (χ1) is 5.74. The number of unbranched alkanes of at least 4 members (excludes halogenated alkanes) is 2. The lowest BCUT2D eigenvalue weighted by Gasteiger charge is -2.27. The maximum Gasteiger partial charge on any atom is 0.0527 e. The third-order valence-electron chi connectivity index (χ3n) is 3.46. The zero-order valence-electron chi connectivity index (χ0n) is 9.16. The summed E-state index contributed by atoms with van der Waals surface area (Å²) in [6.07, 6.45) is 3.90. The molecule has 0 saturated carbocycles. The molecule has 0 aliphatic heterocycles. The Kier molecular flexibility index (Phi) is 6.82. The summed E-state index contributed by atoms with van der Waals surface area (Å²) in [6, 6.07) is 6.00. The minimum absolute atomic E-state index is 0.782. The standard InChI is InChI=1S/C11H25Si/c1-5-9-10-11-12(6-2,7-3)8-4/h1,5-11H2,2-4H3. The molecule has 0 bridgehead atoms. The van der Waals surface area contributed by atoms with Crippen molar-refractivity contribution in [1.29, 1.82) is 0 Å². The van der Waals surface area contributed by atoms with E-state index in [1.165, 1.54) is 31.0 Å². The van der Waals surface area contributed by atoms with Gasteiger partial charge in [0.1, 0.15) is 0 Å². The maximum absolute atomic E-state index is 3.90. The predicted octanol–water partition coefficient (Wildman–Crippen LogP) is 4.50. The first-order valence-corrected chi connectivity index (χ1v) is 8.36. The SMILES string of the molecule is [CH2]CCCC[Si](CC)(CC)CC. The Morgan fingerprint density at radius 1 is 0.917 bits per heavy atom. The molecule has 0 spiro atoms. The zero-order valence-corrected chi connectivity index (χ0v) is 10.2. The molecule has 0 aliphatic carbocycles. The van der Waals surface area contributed by atoms with Crippen LogP contribution in [0.5, 0.6) is 0 Å². The van der Waals surface area contributed by atoms with Crippen molar-refractivity contribution in [2.75, 3.05) is 0 Å².